The highest BCUT2D eigenvalue weighted by Crippen LogP contribution is 2.16. The van der Waals surface area contributed by atoms with E-state index in [4.69, 9.17) is 20.9 Å². The summed E-state index contributed by atoms with van der Waals surface area (Å²) in [5, 5.41) is 0. The molecule has 0 unspecified atom stereocenters. The number of hydrogen-bond acceptors (Lipinski definition) is 4. The minimum Gasteiger partial charge on any atom is -0.494 e. The van der Waals surface area contributed by atoms with Crippen LogP contribution in [0.4, 0.5) is 11.4 Å². The van der Waals surface area contributed by atoms with Gasteiger partial charge < -0.3 is 20.9 Å². The van der Waals surface area contributed by atoms with Crippen LogP contribution >= 0.6 is 0 Å². The van der Waals surface area contributed by atoms with Crippen LogP contribution in [-0.2, 0) is 0 Å². The third-order valence-corrected chi connectivity index (χ3v) is 8.41. The van der Waals surface area contributed by atoms with Crippen LogP contribution in [0, 0.1) is 47.4 Å². The number of nitrogens with two attached hydrogens (primary N) is 2. The van der Waals surface area contributed by atoms with Crippen molar-refractivity contribution in [1.82, 2.24) is 0 Å². The Morgan fingerprint density at radius 2 is 0.611 bits per heavy atom. The molecule has 6 aromatic rings. The van der Waals surface area contributed by atoms with E-state index in [0.29, 0.717) is 24.6 Å². The highest BCUT2D eigenvalue weighted by Gasteiger charge is 2.01. The minimum absolute atomic E-state index is 0.666. The number of ether oxygens (including phenoxy) is 2. The summed E-state index contributed by atoms with van der Waals surface area (Å²) in [6.45, 7) is 1.34. The Hall–Kier alpha value is -7.24. The third kappa shape index (κ3) is 11.1. The molecule has 0 radical (unpaired) electrons. The Morgan fingerprint density at radius 1 is 0.315 bits per heavy atom. The molecule has 0 atom stereocenters. The molecule has 4 nitrogen and oxygen atoms in total. The molecule has 54 heavy (non-hydrogen) atoms. The predicted octanol–water partition coefficient (Wildman–Crippen LogP) is 9.47. The molecule has 0 saturated carbocycles. The SMILES string of the molecule is Nc1ccccc1C#Cc1ccccc1C#Cc1ccc(OCCCCCCOc2ccc(C#Cc3ccccc3C#Cc3ccccc3N)cc2)cc1. The lowest BCUT2D eigenvalue weighted by Gasteiger charge is -2.07. The highest BCUT2D eigenvalue weighted by atomic mass is 16.5. The number of para-hydroxylation sites is 2. The number of hydrogen-bond donors (Lipinski definition) is 2. The van der Waals surface area contributed by atoms with Gasteiger partial charge in [0.05, 0.1) is 13.2 Å². The van der Waals surface area contributed by atoms with Crippen molar-refractivity contribution in [2.75, 3.05) is 24.7 Å². The quantitative estimate of drug-likeness (QED) is 0.0896. The molecule has 6 rings (SSSR count). The molecule has 0 aliphatic heterocycles. The molecule has 0 aliphatic rings. The summed E-state index contributed by atoms with van der Waals surface area (Å²) >= 11 is 0. The van der Waals surface area contributed by atoms with E-state index in [1.54, 1.807) is 0 Å². The average molecular weight is 701 g/mol. The molecule has 0 fully saturated rings. The van der Waals surface area contributed by atoms with Crippen molar-refractivity contribution in [3.05, 3.63) is 190 Å². The van der Waals surface area contributed by atoms with E-state index in [1.807, 2.05) is 146 Å². The van der Waals surface area contributed by atoms with Crippen molar-refractivity contribution in [3.63, 3.8) is 0 Å². The van der Waals surface area contributed by atoms with E-state index in [1.165, 1.54) is 0 Å². The first-order chi connectivity index (χ1) is 26.6. The second kappa shape index (κ2) is 19.4. The third-order valence-electron chi connectivity index (χ3n) is 8.41. The molecule has 0 amide bonds. The van der Waals surface area contributed by atoms with Gasteiger partial charge in [0.25, 0.3) is 0 Å². The first kappa shape index (κ1) is 36.5. The van der Waals surface area contributed by atoms with Crippen molar-refractivity contribution in [2.45, 2.75) is 25.7 Å². The fourth-order valence-electron chi connectivity index (χ4n) is 5.38. The van der Waals surface area contributed by atoms with E-state index in [0.717, 1.165) is 81.7 Å². The van der Waals surface area contributed by atoms with E-state index in [-0.39, 0.29) is 0 Å². The lowest BCUT2D eigenvalue weighted by atomic mass is 10.1. The molecular weight excluding hydrogens is 661 g/mol. The molecule has 0 aliphatic carbocycles. The summed E-state index contributed by atoms with van der Waals surface area (Å²) < 4.78 is 11.9. The topological polar surface area (TPSA) is 70.5 Å². The Bertz CT molecular complexity index is 2260. The molecule has 0 spiro atoms. The van der Waals surface area contributed by atoms with Crippen LogP contribution in [0.5, 0.6) is 11.5 Å². The van der Waals surface area contributed by atoms with Gasteiger partial charge >= 0.3 is 0 Å². The predicted molar refractivity (Wildman–Crippen MR) is 221 cm³/mol. The Kier molecular flexibility index (Phi) is 13.1. The van der Waals surface area contributed by atoms with Crippen molar-refractivity contribution < 1.29 is 9.47 Å². The fraction of sp³-hybridized carbons (Fsp3) is 0.120. The Balaban J connectivity index is 0.886. The fourth-order valence-corrected chi connectivity index (χ4v) is 5.38. The van der Waals surface area contributed by atoms with Crippen molar-refractivity contribution in [3.8, 4) is 58.9 Å². The number of benzene rings is 6. The lowest BCUT2D eigenvalue weighted by molar-refractivity contribution is 0.287. The van der Waals surface area contributed by atoms with Gasteiger partial charge in [-0.25, -0.2) is 0 Å². The molecule has 6 aromatic carbocycles. The number of unbranched alkanes of at least 4 members (excludes halogenated alkanes) is 3. The molecule has 4 heteroatoms. The maximum absolute atomic E-state index is 6.04. The van der Waals surface area contributed by atoms with Crippen LogP contribution in [0.3, 0.4) is 0 Å². The first-order valence-corrected chi connectivity index (χ1v) is 18.0. The van der Waals surface area contributed by atoms with Gasteiger partial charge in [-0.05, 0) is 123 Å². The summed E-state index contributed by atoms with van der Waals surface area (Å²) in [6.07, 6.45) is 4.11. The normalized spacial score (nSPS) is 9.85. The van der Waals surface area contributed by atoms with Crippen LogP contribution in [-0.4, -0.2) is 13.2 Å². The smallest absolute Gasteiger partial charge is 0.119 e. The van der Waals surface area contributed by atoms with E-state index in [9.17, 15) is 0 Å². The maximum atomic E-state index is 6.04. The highest BCUT2D eigenvalue weighted by molar-refractivity contribution is 5.61. The molecule has 262 valence electrons. The van der Waals surface area contributed by atoms with Gasteiger partial charge in [-0.3, -0.25) is 0 Å². The van der Waals surface area contributed by atoms with Crippen LogP contribution in [0.1, 0.15) is 70.2 Å². The number of rotatable bonds is 9. The average Bonchev–Trinajstić information content (AvgIpc) is 3.21. The van der Waals surface area contributed by atoms with E-state index >= 15 is 0 Å². The monoisotopic (exact) mass is 700 g/mol. The van der Waals surface area contributed by atoms with Crippen LogP contribution in [0.15, 0.2) is 146 Å². The Labute approximate surface area is 319 Å². The van der Waals surface area contributed by atoms with Gasteiger partial charge in [0.15, 0.2) is 0 Å². The standard InChI is InChI=1S/C50H40N2O2/c51-49-19-9-7-17-45(49)31-29-43-15-5-3-13-41(43)27-21-39-23-33-47(34-24-39)53-37-11-1-2-12-38-54-48-35-25-40(26-36-48)22-28-42-14-4-6-16-44(42)30-32-46-18-8-10-20-50(46)52/h3-10,13-20,23-26,33-36H,1-2,11-12,37-38,51-52H2. The van der Waals surface area contributed by atoms with Crippen LogP contribution < -0.4 is 20.9 Å². The van der Waals surface area contributed by atoms with Gasteiger partial charge in [-0.15, -0.1) is 0 Å². The van der Waals surface area contributed by atoms with Gasteiger partial charge in [0.1, 0.15) is 11.5 Å². The number of anilines is 2. The van der Waals surface area contributed by atoms with Crippen molar-refractivity contribution in [1.29, 1.82) is 0 Å². The molecule has 0 bridgehead atoms. The summed E-state index contributed by atoms with van der Waals surface area (Å²) in [4.78, 5) is 0. The summed E-state index contributed by atoms with van der Waals surface area (Å²) in [6, 6.07) is 46.8. The van der Waals surface area contributed by atoms with Gasteiger partial charge in [-0.2, -0.15) is 0 Å². The zero-order valence-electron chi connectivity index (χ0n) is 30.1. The van der Waals surface area contributed by atoms with Crippen LogP contribution in [0.2, 0.25) is 0 Å². The zero-order valence-corrected chi connectivity index (χ0v) is 30.1. The maximum Gasteiger partial charge on any atom is 0.119 e. The number of nitrogen functional groups attached to an aromatic ring is 2. The van der Waals surface area contributed by atoms with Crippen LogP contribution in [0.25, 0.3) is 0 Å². The summed E-state index contributed by atoms with van der Waals surface area (Å²) in [5.74, 6) is 27.5. The van der Waals surface area contributed by atoms with Gasteiger partial charge in [0, 0.05) is 55.9 Å². The summed E-state index contributed by atoms with van der Waals surface area (Å²) in [7, 11) is 0. The zero-order chi connectivity index (χ0) is 37.2. The lowest BCUT2D eigenvalue weighted by Crippen LogP contribution is -2.00. The molecule has 0 aromatic heterocycles. The van der Waals surface area contributed by atoms with Crippen molar-refractivity contribution >= 4 is 11.4 Å². The molecule has 0 saturated heterocycles. The molecule has 0 heterocycles. The molecular formula is C50H40N2O2. The second-order valence-electron chi connectivity index (χ2n) is 12.4. The largest absolute Gasteiger partial charge is 0.494 e. The van der Waals surface area contributed by atoms with Gasteiger partial charge in [-0.1, -0.05) is 95.9 Å². The van der Waals surface area contributed by atoms with E-state index in [2.05, 4.69) is 47.4 Å². The minimum atomic E-state index is 0.666. The first-order valence-electron chi connectivity index (χ1n) is 18.0. The van der Waals surface area contributed by atoms with E-state index < -0.39 is 0 Å². The summed E-state index contributed by atoms with van der Waals surface area (Å²) in [5.41, 5.74) is 20.3. The Morgan fingerprint density at radius 3 is 0.963 bits per heavy atom. The second-order valence-corrected chi connectivity index (χ2v) is 12.4. The van der Waals surface area contributed by atoms with Gasteiger partial charge in [0.2, 0.25) is 0 Å². The molecule has 4 N–H and O–H groups in total. The van der Waals surface area contributed by atoms with Crippen molar-refractivity contribution in [2.24, 2.45) is 0 Å².